The zero-order valence-electron chi connectivity index (χ0n) is 12.9. The van der Waals surface area contributed by atoms with Crippen molar-refractivity contribution in [2.24, 2.45) is 0 Å². The molecular formula is C13H19N7OS2. The number of tetrazole rings is 1. The summed E-state index contributed by atoms with van der Waals surface area (Å²) >= 11 is 2.79. The highest BCUT2D eigenvalue weighted by Gasteiger charge is 2.28. The van der Waals surface area contributed by atoms with Crippen LogP contribution in [-0.4, -0.2) is 42.1 Å². The Morgan fingerprint density at radius 3 is 3.00 bits per heavy atom. The molecule has 1 aliphatic rings. The van der Waals surface area contributed by atoms with E-state index in [1.165, 1.54) is 35.9 Å². The second-order valence-corrected chi connectivity index (χ2v) is 7.44. The SMILES string of the molecule is CCCCCc1nnc(NC(=O)CSc2nnnn2C2CC2)s1. The van der Waals surface area contributed by atoms with Crippen LogP contribution in [0.4, 0.5) is 5.13 Å². The Morgan fingerprint density at radius 2 is 2.22 bits per heavy atom. The molecule has 3 rings (SSSR count). The van der Waals surface area contributed by atoms with Gasteiger partial charge in [-0.3, -0.25) is 10.1 Å². The van der Waals surface area contributed by atoms with Crippen molar-refractivity contribution < 1.29 is 4.79 Å². The van der Waals surface area contributed by atoms with Gasteiger partial charge in [0.2, 0.25) is 16.2 Å². The van der Waals surface area contributed by atoms with Gasteiger partial charge in [-0.1, -0.05) is 42.9 Å². The number of hydrogen-bond donors (Lipinski definition) is 1. The number of carbonyl (C=O) groups excluding carboxylic acids is 1. The Bertz CT molecular complexity index is 652. The molecule has 1 aliphatic carbocycles. The summed E-state index contributed by atoms with van der Waals surface area (Å²) in [7, 11) is 0. The summed E-state index contributed by atoms with van der Waals surface area (Å²) in [6, 6.07) is 0.407. The Labute approximate surface area is 142 Å². The largest absolute Gasteiger partial charge is 0.300 e. The summed E-state index contributed by atoms with van der Waals surface area (Å²) in [6.07, 6.45) is 6.62. The van der Waals surface area contributed by atoms with E-state index in [4.69, 9.17) is 0 Å². The first-order chi connectivity index (χ1) is 11.3. The average molecular weight is 353 g/mol. The second kappa shape index (κ2) is 7.82. The Morgan fingerprint density at radius 1 is 1.35 bits per heavy atom. The Balaban J connectivity index is 1.44. The van der Waals surface area contributed by atoms with E-state index in [1.54, 1.807) is 4.68 Å². The number of anilines is 1. The molecule has 8 nitrogen and oxygen atoms in total. The molecule has 1 saturated carbocycles. The van der Waals surface area contributed by atoms with Gasteiger partial charge in [-0.15, -0.1) is 15.3 Å². The molecule has 0 radical (unpaired) electrons. The normalized spacial score (nSPS) is 14.1. The number of carbonyl (C=O) groups is 1. The monoisotopic (exact) mass is 353 g/mol. The molecule has 2 aromatic rings. The highest BCUT2D eigenvalue weighted by atomic mass is 32.2. The maximum atomic E-state index is 12.0. The maximum absolute atomic E-state index is 12.0. The molecule has 23 heavy (non-hydrogen) atoms. The number of rotatable bonds is 9. The van der Waals surface area contributed by atoms with Crippen molar-refractivity contribution in [2.45, 2.75) is 56.6 Å². The van der Waals surface area contributed by atoms with Crippen LogP contribution in [0.5, 0.6) is 0 Å². The fraction of sp³-hybridized carbons (Fsp3) is 0.692. The molecule has 0 aliphatic heterocycles. The van der Waals surface area contributed by atoms with Crippen LogP contribution in [0.2, 0.25) is 0 Å². The minimum absolute atomic E-state index is 0.114. The first-order valence-electron chi connectivity index (χ1n) is 7.79. The first-order valence-corrected chi connectivity index (χ1v) is 9.59. The first kappa shape index (κ1) is 16.3. The molecule has 2 aromatic heterocycles. The topological polar surface area (TPSA) is 98.5 Å². The molecule has 2 heterocycles. The number of nitrogens with one attached hydrogen (secondary N) is 1. The van der Waals surface area contributed by atoms with Crippen molar-refractivity contribution in [3.63, 3.8) is 0 Å². The predicted molar refractivity (Wildman–Crippen MR) is 88.6 cm³/mol. The van der Waals surface area contributed by atoms with E-state index in [0.29, 0.717) is 16.3 Å². The number of thioether (sulfide) groups is 1. The van der Waals surface area contributed by atoms with Crippen molar-refractivity contribution >= 4 is 34.1 Å². The molecule has 0 bridgehead atoms. The lowest BCUT2D eigenvalue weighted by molar-refractivity contribution is -0.113. The molecule has 1 N–H and O–H groups in total. The maximum Gasteiger partial charge on any atom is 0.236 e. The number of aromatic nitrogens is 6. The molecule has 1 amide bonds. The van der Waals surface area contributed by atoms with Gasteiger partial charge in [0.1, 0.15) is 5.01 Å². The van der Waals surface area contributed by atoms with Crippen LogP contribution >= 0.6 is 23.1 Å². The molecule has 0 spiro atoms. The van der Waals surface area contributed by atoms with Crippen LogP contribution in [-0.2, 0) is 11.2 Å². The Hall–Kier alpha value is -1.55. The number of aryl methyl sites for hydroxylation is 1. The lowest BCUT2D eigenvalue weighted by atomic mass is 10.2. The fourth-order valence-electron chi connectivity index (χ4n) is 2.05. The van der Waals surface area contributed by atoms with Gasteiger partial charge in [0.05, 0.1) is 11.8 Å². The van der Waals surface area contributed by atoms with Crippen LogP contribution in [0.15, 0.2) is 5.16 Å². The smallest absolute Gasteiger partial charge is 0.236 e. The minimum Gasteiger partial charge on any atom is -0.300 e. The van der Waals surface area contributed by atoms with Crippen LogP contribution in [0, 0.1) is 0 Å². The molecule has 124 valence electrons. The molecule has 0 aromatic carbocycles. The Kier molecular flexibility index (Phi) is 5.55. The predicted octanol–water partition coefficient (Wildman–Crippen LogP) is 2.32. The van der Waals surface area contributed by atoms with Gasteiger partial charge >= 0.3 is 0 Å². The number of hydrogen-bond acceptors (Lipinski definition) is 8. The van der Waals surface area contributed by atoms with Crippen molar-refractivity contribution in [2.75, 3.05) is 11.1 Å². The molecule has 10 heteroatoms. The van der Waals surface area contributed by atoms with E-state index in [1.807, 2.05) is 0 Å². The summed E-state index contributed by atoms with van der Waals surface area (Å²) in [6.45, 7) is 2.17. The van der Waals surface area contributed by atoms with E-state index in [-0.39, 0.29) is 11.7 Å². The molecule has 0 unspecified atom stereocenters. The fourth-order valence-corrected chi connectivity index (χ4v) is 3.59. The van der Waals surface area contributed by atoms with Gasteiger partial charge in [0, 0.05) is 6.42 Å². The van der Waals surface area contributed by atoms with Crippen molar-refractivity contribution in [3.8, 4) is 0 Å². The zero-order chi connectivity index (χ0) is 16.1. The van der Waals surface area contributed by atoms with Gasteiger partial charge in [0.25, 0.3) is 0 Å². The average Bonchev–Trinajstić information content (AvgIpc) is 3.11. The quantitative estimate of drug-likeness (QED) is 0.545. The van der Waals surface area contributed by atoms with E-state index in [2.05, 4.69) is 38.0 Å². The minimum atomic E-state index is -0.114. The summed E-state index contributed by atoms with van der Waals surface area (Å²) in [5.74, 6) is 0.147. The lowest BCUT2D eigenvalue weighted by Crippen LogP contribution is -2.14. The van der Waals surface area contributed by atoms with E-state index >= 15 is 0 Å². The molecule has 0 saturated heterocycles. The van der Waals surface area contributed by atoms with Crippen LogP contribution in [0.1, 0.15) is 50.1 Å². The van der Waals surface area contributed by atoms with Crippen LogP contribution < -0.4 is 5.32 Å². The summed E-state index contributed by atoms with van der Waals surface area (Å²) in [5.41, 5.74) is 0. The number of nitrogens with zero attached hydrogens (tertiary/aromatic N) is 6. The highest BCUT2D eigenvalue weighted by molar-refractivity contribution is 7.99. The third-order valence-corrected chi connectivity index (χ3v) is 5.23. The lowest BCUT2D eigenvalue weighted by Gasteiger charge is -2.02. The molecular weight excluding hydrogens is 334 g/mol. The number of amides is 1. The zero-order valence-corrected chi connectivity index (χ0v) is 14.6. The molecule has 0 atom stereocenters. The third kappa shape index (κ3) is 4.71. The number of unbranched alkanes of at least 4 members (excludes halogenated alkanes) is 2. The van der Waals surface area contributed by atoms with Gasteiger partial charge in [0.15, 0.2) is 0 Å². The summed E-state index contributed by atoms with van der Waals surface area (Å²) < 4.78 is 1.80. The van der Waals surface area contributed by atoms with E-state index < -0.39 is 0 Å². The third-order valence-electron chi connectivity index (χ3n) is 3.40. The van der Waals surface area contributed by atoms with Crippen molar-refractivity contribution in [1.29, 1.82) is 0 Å². The van der Waals surface area contributed by atoms with Crippen LogP contribution in [0.3, 0.4) is 0 Å². The van der Waals surface area contributed by atoms with Crippen molar-refractivity contribution in [3.05, 3.63) is 5.01 Å². The van der Waals surface area contributed by atoms with Crippen molar-refractivity contribution in [1.82, 2.24) is 30.4 Å². The van der Waals surface area contributed by atoms with E-state index in [0.717, 1.165) is 30.7 Å². The summed E-state index contributed by atoms with van der Waals surface area (Å²) in [5, 5.41) is 24.7. The van der Waals surface area contributed by atoms with Gasteiger partial charge in [-0.2, -0.15) is 0 Å². The van der Waals surface area contributed by atoms with Gasteiger partial charge in [-0.05, 0) is 29.7 Å². The standard InChI is InChI=1S/C13H19N7OS2/c1-2-3-4-5-11-15-16-12(23-11)14-10(21)8-22-13-17-18-19-20(13)9-6-7-9/h9H,2-8H2,1H3,(H,14,16,21). The van der Waals surface area contributed by atoms with Gasteiger partial charge in [-0.25, -0.2) is 4.68 Å². The second-order valence-electron chi connectivity index (χ2n) is 5.43. The summed E-state index contributed by atoms with van der Waals surface area (Å²) in [4.78, 5) is 12.0. The van der Waals surface area contributed by atoms with Gasteiger partial charge < -0.3 is 0 Å². The van der Waals surface area contributed by atoms with E-state index in [9.17, 15) is 4.79 Å². The highest BCUT2D eigenvalue weighted by Crippen LogP contribution is 2.36. The molecule has 1 fully saturated rings. The van der Waals surface area contributed by atoms with Crippen LogP contribution in [0.25, 0.3) is 0 Å².